The average Bonchev–Trinajstić information content (AvgIpc) is 2.60. The van der Waals surface area contributed by atoms with Crippen LogP contribution in [-0.2, 0) is 0 Å². The maximum atomic E-state index is 13.1. The van der Waals surface area contributed by atoms with Crippen LogP contribution in [0.3, 0.4) is 0 Å². The van der Waals surface area contributed by atoms with Crippen molar-refractivity contribution in [3.05, 3.63) is 50.2 Å². The second kappa shape index (κ2) is 4.55. The molecule has 0 saturated heterocycles. The molecular weight excluding hydrogens is 261 g/mol. The SMILES string of the molecule is Cc1nc(C)c(C(=O)c2cc(F)ccc2Cl)s1. The summed E-state index contributed by atoms with van der Waals surface area (Å²) in [5.41, 5.74) is 0.830. The van der Waals surface area contributed by atoms with E-state index in [-0.39, 0.29) is 16.4 Å². The van der Waals surface area contributed by atoms with Crippen LogP contribution in [0.5, 0.6) is 0 Å². The molecule has 5 heteroatoms. The first-order chi connectivity index (χ1) is 7.99. The largest absolute Gasteiger partial charge is 0.288 e. The van der Waals surface area contributed by atoms with Crippen molar-refractivity contribution in [2.45, 2.75) is 13.8 Å². The molecule has 0 spiro atoms. The molecule has 2 rings (SSSR count). The summed E-state index contributed by atoms with van der Waals surface area (Å²) in [5.74, 6) is -0.755. The highest BCUT2D eigenvalue weighted by Crippen LogP contribution is 2.25. The fourth-order valence-corrected chi connectivity index (χ4v) is 2.61. The molecule has 0 aliphatic carbocycles. The van der Waals surface area contributed by atoms with Gasteiger partial charge in [-0.15, -0.1) is 11.3 Å². The molecule has 0 saturated carbocycles. The van der Waals surface area contributed by atoms with Crippen molar-refractivity contribution in [3.8, 4) is 0 Å². The molecular formula is C12H9ClFNOS. The first-order valence-corrected chi connectivity index (χ1v) is 6.12. The summed E-state index contributed by atoms with van der Waals surface area (Å²) >= 11 is 7.19. The highest BCUT2D eigenvalue weighted by molar-refractivity contribution is 7.14. The van der Waals surface area contributed by atoms with E-state index >= 15 is 0 Å². The van der Waals surface area contributed by atoms with Gasteiger partial charge in [0.2, 0.25) is 5.78 Å². The van der Waals surface area contributed by atoms with Crippen LogP contribution >= 0.6 is 22.9 Å². The van der Waals surface area contributed by atoms with E-state index < -0.39 is 5.82 Å². The normalized spacial score (nSPS) is 10.6. The van der Waals surface area contributed by atoms with Crippen LogP contribution in [0.4, 0.5) is 4.39 Å². The number of thiazole rings is 1. The summed E-state index contributed by atoms with van der Waals surface area (Å²) in [6.07, 6.45) is 0. The van der Waals surface area contributed by atoms with Crippen molar-refractivity contribution < 1.29 is 9.18 Å². The van der Waals surface area contributed by atoms with Crippen LogP contribution in [0, 0.1) is 19.7 Å². The molecule has 0 atom stereocenters. The van der Waals surface area contributed by atoms with E-state index in [9.17, 15) is 9.18 Å². The van der Waals surface area contributed by atoms with E-state index in [1.807, 2.05) is 6.92 Å². The zero-order valence-electron chi connectivity index (χ0n) is 9.25. The highest BCUT2D eigenvalue weighted by Gasteiger charge is 2.18. The lowest BCUT2D eigenvalue weighted by atomic mass is 10.1. The van der Waals surface area contributed by atoms with Gasteiger partial charge in [-0.3, -0.25) is 4.79 Å². The van der Waals surface area contributed by atoms with E-state index in [2.05, 4.69) is 4.98 Å². The molecule has 1 heterocycles. The van der Waals surface area contributed by atoms with Gasteiger partial charge in [0.05, 0.1) is 20.6 Å². The number of aryl methyl sites for hydroxylation is 2. The molecule has 0 N–H and O–H groups in total. The van der Waals surface area contributed by atoms with Crippen molar-refractivity contribution in [1.29, 1.82) is 0 Å². The fourth-order valence-electron chi connectivity index (χ4n) is 1.54. The Hall–Kier alpha value is -1.26. The number of benzene rings is 1. The number of ketones is 1. The lowest BCUT2D eigenvalue weighted by Gasteiger charge is -2.02. The van der Waals surface area contributed by atoms with Crippen LogP contribution in [0.25, 0.3) is 0 Å². The monoisotopic (exact) mass is 269 g/mol. The quantitative estimate of drug-likeness (QED) is 0.777. The Balaban J connectivity index is 2.50. The predicted octanol–water partition coefficient (Wildman–Crippen LogP) is 3.78. The number of hydrogen-bond acceptors (Lipinski definition) is 3. The average molecular weight is 270 g/mol. The van der Waals surface area contributed by atoms with E-state index in [1.54, 1.807) is 6.92 Å². The van der Waals surface area contributed by atoms with Gasteiger partial charge in [0, 0.05) is 5.56 Å². The van der Waals surface area contributed by atoms with Crippen molar-refractivity contribution in [2.75, 3.05) is 0 Å². The third-order valence-corrected chi connectivity index (χ3v) is 3.68. The third-order valence-electron chi connectivity index (χ3n) is 2.28. The molecule has 17 heavy (non-hydrogen) atoms. The van der Waals surface area contributed by atoms with Crippen LogP contribution in [0.1, 0.15) is 25.9 Å². The predicted molar refractivity (Wildman–Crippen MR) is 66.4 cm³/mol. The fraction of sp³-hybridized carbons (Fsp3) is 0.167. The van der Waals surface area contributed by atoms with Gasteiger partial charge in [0.1, 0.15) is 5.82 Å². The Labute approximate surface area is 107 Å². The molecule has 2 nitrogen and oxygen atoms in total. The number of aromatic nitrogens is 1. The number of carbonyl (C=O) groups is 1. The summed E-state index contributed by atoms with van der Waals surface area (Å²) in [4.78, 5) is 16.9. The molecule has 0 fully saturated rings. The maximum Gasteiger partial charge on any atom is 0.206 e. The molecule has 0 bridgehead atoms. The lowest BCUT2D eigenvalue weighted by molar-refractivity contribution is 0.104. The van der Waals surface area contributed by atoms with Crippen molar-refractivity contribution >= 4 is 28.7 Å². The third kappa shape index (κ3) is 2.37. The van der Waals surface area contributed by atoms with Gasteiger partial charge in [-0.2, -0.15) is 0 Å². The summed E-state index contributed by atoms with van der Waals surface area (Å²) in [6, 6.07) is 3.76. The van der Waals surface area contributed by atoms with Gasteiger partial charge in [-0.1, -0.05) is 11.6 Å². The van der Waals surface area contributed by atoms with Crippen molar-refractivity contribution in [2.24, 2.45) is 0 Å². The van der Waals surface area contributed by atoms with Crippen molar-refractivity contribution in [3.63, 3.8) is 0 Å². The molecule has 1 aromatic heterocycles. The first kappa shape index (κ1) is 12.2. The molecule has 88 valence electrons. The van der Waals surface area contributed by atoms with Crippen LogP contribution in [0.2, 0.25) is 5.02 Å². The Morgan fingerprint density at radius 2 is 2.12 bits per heavy atom. The standard InChI is InChI=1S/C12H9ClFNOS/c1-6-12(17-7(2)15-6)11(16)9-5-8(14)3-4-10(9)13/h3-5H,1-2H3. The molecule has 0 amide bonds. The number of carbonyl (C=O) groups excluding carboxylic acids is 1. The minimum atomic E-state index is -0.475. The topological polar surface area (TPSA) is 30.0 Å². The number of rotatable bonds is 2. The summed E-state index contributed by atoms with van der Waals surface area (Å²) in [6.45, 7) is 3.57. The van der Waals surface area contributed by atoms with Crippen LogP contribution < -0.4 is 0 Å². The van der Waals surface area contributed by atoms with Gasteiger partial charge >= 0.3 is 0 Å². The Kier molecular flexibility index (Phi) is 3.26. The summed E-state index contributed by atoms with van der Waals surface area (Å²) in [7, 11) is 0. The second-order valence-electron chi connectivity index (χ2n) is 3.60. The smallest absolute Gasteiger partial charge is 0.206 e. The van der Waals surface area contributed by atoms with Crippen LogP contribution in [0.15, 0.2) is 18.2 Å². The van der Waals surface area contributed by atoms with E-state index in [0.29, 0.717) is 10.6 Å². The number of halogens is 2. The minimum absolute atomic E-state index is 0.179. The van der Waals surface area contributed by atoms with Gasteiger partial charge in [0.25, 0.3) is 0 Å². The summed E-state index contributed by atoms with van der Waals surface area (Å²) < 4.78 is 13.1. The molecule has 0 radical (unpaired) electrons. The molecule has 0 unspecified atom stereocenters. The molecule has 0 aliphatic heterocycles. The highest BCUT2D eigenvalue weighted by atomic mass is 35.5. The molecule has 0 aliphatic rings. The molecule has 1 aromatic carbocycles. The van der Waals surface area contributed by atoms with E-state index in [0.717, 1.165) is 11.1 Å². The zero-order valence-corrected chi connectivity index (χ0v) is 10.8. The Bertz CT molecular complexity index is 594. The minimum Gasteiger partial charge on any atom is -0.288 e. The maximum absolute atomic E-state index is 13.1. The Morgan fingerprint density at radius 3 is 2.71 bits per heavy atom. The first-order valence-electron chi connectivity index (χ1n) is 4.93. The van der Waals surface area contributed by atoms with Gasteiger partial charge < -0.3 is 0 Å². The van der Waals surface area contributed by atoms with Crippen molar-refractivity contribution in [1.82, 2.24) is 4.98 Å². The second-order valence-corrected chi connectivity index (χ2v) is 5.21. The zero-order chi connectivity index (χ0) is 12.6. The summed E-state index contributed by atoms with van der Waals surface area (Å²) in [5, 5.41) is 1.06. The van der Waals surface area contributed by atoms with Crippen LogP contribution in [-0.4, -0.2) is 10.8 Å². The molecule has 2 aromatic rings. The number of hydrogen-bond donors (Lipinski definition) is 0. The van der Waals surface area contributed by atoms with E-state index in [4.69, 9.17) is 11.6 Å². The van der Waals surface area contributed by atoms with Gasteiger partial charge in [-0.25, -0.2) is 9.37 Å². The Morgan fingerprint density at radius 1 is 1.41 bits per heavy atom. The van der Waals surface area contributed by atoms with Gasteiger partial charge in [0.15, 0.2) is 0 Å². The lowest BCUT2D eigenvalue weighted by Crippen LogP contribution is -2.02. The number of nitrogens with zero attached hydrogens (tertiary/aromatic N) is 1. The van der Waals surface area contributed by atoms with E-state index in [1.165, 1.54) is 23.5 Å². The van der Waals surface area contributed by atoms with Gasteiger partial charge in [-0.05, 0) is 32.0 Å².